The molecule has 0 spiro atoms. The number of hydrogen-bond acceptors (Lipinski definition) is 7. The second-order valence-corrected chi connectivity index (χ2v) is 54.6. The summed E-state index contributed by atoms with van der Waals surface area (Å²) < 4.78 is 0. The SMILES string of the molecule is C.C[Si](C)(C)C.C[Si](C)(C)O.C[Si](C)(C)O.C[Si](C)(C)O.C[Si](C)(C)O.C[Si](C)(C)O.C[Si](C)(C)O.C[Si](C)(C)O.O.[CH3-].[CH3-].[CH3-].[CH3-].[CH3-].[CH3-].[CH3-].[CH3-].[CH3-].[CH3-].[CH3-].[CH3-].[Ti+2].[Ti+3].[Ti+3].[Ti+4]. The molecule has 8 nitrogen and oxygen atoms in total. The van der Waals surface area contributed by atoms with Gasteiger partial charge in [0.05, 0.1) is 0 Å². The van der Waals surface area contributed by atoms with Gasteiger partial charge in [-0.2, -0.15) is 0 Å². The molecule has 0 bridgehead atoms. The largest absolute Gasteiger partial charge is 4.00 e. The predicted octanol–water partition coefficient (Wildman–Crippen LogP) is 12.9. The van der Waals surface area contributed by atoms with Crippen molar-refractivity contribution in [3.05, 3.63) is 89.1 Å². The van der Waals surface area contributed by atoms with Crippen molar-refractivity contribution < 1.29 is 126 Å². The first-order valence-corrected chi connectivity index (χ1v) is 42.2. The summed E-state index contributed by atoms with van der Waals surface area (Å²) in [5, 5.41) is 0. The Morgan fingerprint density at radius 1 is 0.224 bits per heavy atom. The quantitative estimate of drug-likeness (QED) is 0.0934. The summed E-state index contributed by atoms with van der Waals surface area (Å²) in [6.07, 6.45) is 0. The van der Waals surface area contributed by atoms with Gasteiger partial charge < -0.3 is 128 Å². The fourth-order valence-electron chi connectivity index (χ4n) is 0. The smallest absolute Gasteiger partial charge is 0.433 e. The molecule has 0 aliphatic rings. The van der Waals surface area contributed by atoms with Crippen LogP contribution in [0, 0.1) is 89.1 Å². The average molecular weight is 1130 g/mol. The van der Waals surface area contributed by atoms with Crippen molar-refractivity contribution >= 4 is 66.3 Å². The molecule has 372 valence electrons. The summed E-state index contributed by atoms with van der Waals surface area (Å²) in [6, 6.07) is 0. The molecule has 0 saturated carbocycles. The van der Waals surface area contributed by atoms with Gasteiger partial charge in [-0.1, -0.05) is 33.6 Å². The van der Waals surface area contributed by atoms with Crippen molar-refractivity contribution in [1.29, 1.82) is 0 Å². The first kappa shape index (κ1) is 178. The van der Waals surface area contributed by atoms with Crippen LogP contribution in [0.3, 0.4) is 0 Å². The normalized spacial score (nSPS) is 8.28. The molecule has 20 heteroatoms. The third-order valence-electron chi connectivity index (χ3n) is 0. The van der Waals surface area contributed by atoms with Crippen LogP contribution in [-0.2, 0) is 86.9 Å². The molecule has 2 radical (unpaired) electrons. The van der Waals surface area contributed by atoms with E-state index in [9.17, 15) is 0 Å². The van der Waals surface area contributed by atoms with Gasteiger partial charge >= 0.3 is 86.9 Å². The Labute approximate surface area is 447 Å². The molecule has 0 aromatic rings. The zero-order valence-electron chi connectivity index (χ0n) is 46.6. The molecule has 0 heterocycles. The van der Waals surface area contributed by atoms with E-state index in [1.54, 1.807) is 0 Å². The molecular formula is C38H124O8Si8Ti4. The summed E-state index contributed by atoms with van der Waals surface area (Å²) in [7, 11) is -11.9. The minimum absolute atomic E-state index is 0. The maximum Gasteiger partial charge on any atom is 4.00 e. The fraction of sp³-hybridized carbons (Fsp3) is 0.684. The second-order valence-electron chi connectivity index (χ2n) is 18.2. The minimum Gasteiger partial charge on any atom is -0.433 e. The van der Waals surface area contributed by atoms with Crippen LogP contribution >= 0.6 is 0 Å². The Morgan fingerprint density at radius 2 is 0.224 bits per heavy atom. The third-order valence-corrected chi connectivity index (χ3v) is 0. The second kappa shape index (κ2) is 81.5. The van der Waals surface area contributed by atoms with Crippen LogP contribution in [0.4, 0.5) is 0 Å². The van der Waals surface area contributed by atoms with Gasteiger partial charge in [-0.3, -0.25) is 0 Å². The molecule has 0 amide bonds. The predicted molar refractivity (Wildman–Crippen MR) is 295 cm³/mol. The van der Waals surface area contributed by atoms with Crippen LogP contribution < -0.4 is 0 Å². The van der Waals surface area contributed by atoms with Crippen molar-refractivity contribution in [2.24, 2.45) is 0 Å². The summed E-state index contributed by atoms with van der Waals surface area (Å²) >= 11 is 0. The Balaban J connectivity index is -0.00000000805. The van der Waals surface area contributed by atoms with E-state index in [0.29, 0.717) is 0 Å². The molecule has 9 N–H and O–H groups in total. The van der Waals surface area contributed by atoms with E-state index in [2.05, 4.69) is 26.2 Å². The van der Waals surface area contributed by atoms with Gasteiger partial charge in [0, 0.05) is 8.07 Å². The maximum absolute atomic E-state index is 8.66. The van der Waals surface area contributed by atoms with E-state index in [0.717, 1.165) is 0 Å². The van der Waals surface area contributed by atoms with Gasteiger partial charge in [0.25, 0.3) is 0 Å². The fourth-order valence-corrected chi connectivity index (χ4v) is 0. The van der Waals surface area contributed by atoms with Gasteiger partial charge in [0.1, 0.15) is 0 Å². The molecule has 0 aliphatic carbocycles. The zero-order chi connectivity index (χ0) is 36.0. The van der Waals surface area contributed by atoms with E-state index < -0.39 is 66.3 Å². The first-order chi connectivity index (χ1) is 16.0. The molecule has 0 rings (SSSR count). The minimum atomic E-state index is -1.61. The molecule has 0 atom stereocenters. The molecule has 0 aromatic carbocycles. The number of rotatable bonds is 0. The Morgan fingerprint density at radius 3 is 0.224 bits per heavy atom. The summed E-state index contributed by atoms with van der Waals surface area (Å²) in [6.45, 7) is 48.8. The van der Waals surface area contributed by atoms with Crippen molar-refractivity contribution in [2.45, 2.75) is 171 Å². The standard InChI is InChI=1S/C4H12Si.7C3H10OSi.CH4.12CH3.H2O.4Ti/c8*1-5(2,3)4;;;;;;;;;;;;;;;;;;/h1-4H3;7*4H,1-3H3;1H4;12*1H3;1H2;;;;/q;;;;;;;;;12*-1;;+2;2*+3;+4. The van der Waals surface area contributed by atoms with Crippen LogP contribution in [-0.4, -0.2) is 105 Å². The van der Waals surface area contributed by atoms with Crippen LogP contribution in [0.15, 0.2) is 0 Å². The molecular weight excluding hydrogens is 1000 g/mol. The van der Waals surface area contributed by atoms with E-state index in [-0.39, 0.29) is 189 Å². The van der Waals surface area contributed by atoms with Crippen molar-refractivity contribution in [2.75, 3.05) is 0 Å². The van der Waals surface area contributed by atoms with Crippen LogP contribution in [0.2, 0.25) is 164 Å². The van der Waals surface area contributed by atoms with Crippen molar-refractivity contribution in [3.8, 4) is 0 Å². The Hall–Kier alpha value is 4.27. The Kier molecular flexibility index (Phi) is 250. The van der Waals surface area contributed by atoms with Crippen LogP contribution in [0.25, 0.3) is 0 Å². The molecule has 58 heavy (non-hydrogen) atoms. The molecule has 0 saturated heterocycles. The Bertz CT molecular complexity index is 352. The van der Waals surface area contributed by atoms with Crippen molar-refractivity contribution in [3.63, 3.8) is 0 Å². The van der Waals surface area contributed by atoms with Crippen molar-refractivity contribution in [1.82, 2.24) is 0 Å². The van der Waals surface area contributed by atoms with E-state index in [1.165, 1.54) is 0 Å². The first-order valence-electron chi connectivity index (χ1n) is 14.1. The monoisotopic (exact) mass is 1120 g/mol. The summed E-state index contributed by atoms with van der Waals surface area (Å²) in [5.41, 5.74) is 0. The molecule has 0 unspecified atom stereocenters. The van der Waals surface area contributed by atoms with Gasteiger partial charge in [-0.15, -0.1) is 0 Å². The van der Waals surface area contributed by atoms with Crippen LogP contribution in [0.5, 0.6) is 0 Å². The van der Waals surface area contributed by atoms with Gasteiger partial charge in [-0.25, -0.2) is 0 Å². The summed E-state index contributed by atoms with van der Waals surface area (Å²) in [5.74, 6) is 0. The topological polar surface area (TPSA) is 173 Å². The van der Waals surface area contributed by atoms with Gasteiger partial charge in [0.15, 0.2) is 58.2 Å². The molecule has 0 fully saturated rings. The molecule has 0 aromatic heterocycles. The van der Waals surface area contributed by atoms with E-state index in [4.69, 9.17) is 33.6 Å². The van der Waals surface area contributed by atoms with E-state index in [1.807, 2.05) is 137 Å². The van der Waals surface area contributed by atoms with E-state index >= 15 is 0 Å². The summed E-state index contributed by atoms with van der Waals surface area (Å²) in [4.78, 5) is 60.6. The average Bonchev–Trinajstić information content (AvgIpc) is 2.16. The van der Waals surface area contributed by atoms with Gasteiger partial charge in [-0.05, 0) is 137 Å². The zero-order valence-corrected chi connectivity index (χ0v) is 60.9. The number of hydrogen-bond donors (Lipinski definition) is 7. The maximum atomic E-state index is 8.66. The molecule has 0 aliphatic heterocycles. The van der Waals surface area contributed by atoms with Gasteiger partial charge in [0.2, 0.25) is 0 Å². The van der Waals surface area contributed by atoms with Crippen LogP contribution in [0.1, 0.15) is 7.43 Å². The third kappa shape index (κ3) is 11600.